The maximum atomic E-state index is 10.1. The predicted octanol–water partition coefficient (Wildman–Crippen LogP) is 0.232. The Kier molecular flexibility index (Phi) is 5.53. The molecule has 1 aliphatic rings. The Balaban J connectivity index is 2.09. The van der Waals surface area contributed by atoms with Gasteiger partial charge in [-0.1, -0.05) is 12.8 Å². The van der Waals surface area contributed by atoms with Gasteiger partial charge < -0.3 is 19.8 Å². The molecule has 0 aliphatic heterocycles. The van der Waals surface area contributed by atoms with Crippen LogP contribution in [0.4, 0.5) is 0 Å². The van der Waals surface area contributed by atoms with Crippen molar-refractivity contribution in [2.24, 2.45) is 0 Å². The maximum Gasteiger partial charge on any atom is 0.0774 e. The molecule has 0 aromatic rings. The van der Waals surface area contributed by atoms with Crippen LogP contribution in [0.15, 0.2) is 0 Å². The van der Waals surface area contributed by atoms with E-state index in [1.165, 1.54) is 0 Å². The Morgan fingerprint density at radius 1 is 1.27 bits per heavy atom. The lowest BCUT2D eigenvalue weighted by Gasteiger charge is -2.28. The first-order chi connectivity index (χ1) is 7.16. The van der Waals surface area contributed by atoms with Gasteiger partial charge in [0.05, 0.1) is 25.4 Å². The molecule has 0 saturated heterocycles. The molecule has 0 atom stereocenters. The summed E-state index contributed by atoms with van der Waals surface area (Å²) in [6.45, 7) is 2.64. The highest BCUT2D eigenvalue weighted by Crippen LogP contribution is 2.29. The fraction of sp³-hybridized carbons (Fsp3) is 1.00. The fourth-order valence-corrected chi connectivity index (χ4v) is 2.16. The molecule has 15 heavy (non-hydrogen) atoms. The first-order valence-corrected chi connectivity index (χ1v) is 5.76. The minimum absolute atomic E-state index is 0.0770. The van der Waals surface area contributed by atoms with E-state index in [2.05, 4.69) is 4.90 Å². The van der Waals surface area contributed by atoms with Crippen molar-refractivity contribution in [1.82, 2.24) is 4.90 Å². The highest BCUT2D eigenvalue weighted by atomic mass is 16.5. The highest BCUT2D eigenvalue weighted by molar-refractivity contribution is 4.86. The quantitative estimate of drug-likeness (QED) is 0.600. The third-order valence-electron chi connectivity index (χ3n) is 2.95. The van der Waals surface area contributed by atoms with Crippen molar-refractivity contribution in [3.63, 3.8) is 0 Å². The van der Waals surface area contributed by atoms with Crippen LogP contribution in [0.5, 0.6) is 0 Å². The fourth-order valence-electron chi connectivity index (χ4n) is 2.16. The van der Waals surface area contributed by atoms with E-state index in [0.717, 1.165) is 38.8 Å². The second-order valence-corrected chi connectivity index (χ2v) is 4.51. The number of hydrogen-bond acceptors (Lipinski definition) is 4. The van der Waals surface area contributed by atoms with E-state index in [-0.39, 0.29) is 6.61 Å². The molecule has 4 nitrogen and oxygen atoms in total. The molecule has 1 fully saturated rings. The van der Waals surface area contributed by atoms with Crippen molar-refractivity contribution >= 4 is 0 Å². The Hall–Kier alpha value is -0.160. The molecule has 0 spiro atoms. The first-order valence-electron chi connectivity index (χ1n) is 5.76. The lowest BCUT2D eigenvalue weighted by Crippen LogP contribution is -2.40. The van der Waals surface area contributed by atoms with Crippen LogP contribution in [-0.2, 0) is 4.74 Å². The van der Waals surface area contributed by atoms with E-state index >= 15 is 0 Å². The van der Waals surface area contributed by atoms with Gasteiger partial charge in [0.1, 0.15) is 0 Å². The molecule has 0 amide bonds. The van der Waals surface area contributed by atoms with Gasteiger partial charge in [-0.05, 0) is 19.9 Å². The molecule has 4 heteroatoms. The molecule has 0 heterocycles. The number of aliphatic hydroxyl groups is 2. The van der Waals surface area contributed by atoms with Gasteiger partial charge >= 0.3 is 0 Å². The lowest BCUT2D eigenvalue weighted by molar-refractivity contribution is 0.00623. The molecule has 0 radical (unpaired) electrons. The van der Waals surface area contributed by atoms with Crippen molar-refractivity contribution in [3.8, 4) is 0 Å². The largest absolute Gasteiger partial charge is 0.394 e. The second kappa shape index (κ2) is 6.43. The lowest BCUT2D eigenvalue weighted by atomic mass is 10.0. The van der Waals surface area contributed by atoms with Gasteiger partial charge in [-0.3, -0.25) is 0 Å². The number of hydrogen-bond donors (Lipinski definition) is 2. The van der Waals surface area contributed by atoms with Crippen LogP contribution in [0.2, 0.25) is 0 Å². The van der Waals surface area contributed by atoms with Gasteiger partial charge in [0.15, 0.2) is 0 Å². The van der Waals surface area contributed by atoms with Crippen molar-refractivity contribution in [1.29, 1.82) is 0 Å². The van der Waals surface area contributed by atoms with Gasteiger partial charge in [-0.2, -0.15) is 0 Å². The molecule has 2 N–H and O–H groups in total. The summed E-state index contributed by atoms with van der Waals surface area (Å²) >= 11 is 0. The Morgan fingerprint density at radius 3 is 2.53 bits per heavy atom. The van der Waals surface area contributed by atoms with E-state index in [4.69, 9.17) is 9.84 Å². The van der Waals surface area contributed by atoms with Crippen molar-refractivity contribution in [2.45, 2.75) is 31.3 Å². The van der Waals surface area contributed by atoms with Crippen LogP contribution in [-0.4, -0.2) is 60.7 Å². The summed E-state index contributed by atoms with van der Waals surface area (Å²) in [6.07, 6.45) is 4.14. The number of ether oxygens (including phenoxy) is 1. The number of nitrogens with zero attached hydrogens (tertiary/aromatic N) is 1. The van der Waals surface area contributed by atoms with Crippen LogP contribution >= 0.6 is 0 Å². The number of rotatable bonds is 7. The standard InChI is InChI=1S/C11H23NO3/c1-12(6-8-15-9-7-13)10-11(14)4-2-3-5-11/h13-14H,2-10H2,1H3. The van der Waals surface area contributed by atoms with Gasteiger partial charge in [0.2, 0.25) is 0 Å². The van der Waals surface area contributed by atoms with Crippen molar-refractivity contribution in [3.05, 3.63) is 0 Å². The molecular formula is C11H23NO3. The summed E-state index contributed by atoms with van der Waals surface area (Å²) < 4.78 is 5.18. The number of aliphatic hydroxyl groups excluding tert-OH is 1. The normalized spacial score (nSPS) is 20.0. The molecule has 0 aromatic heterocycles. The minimum Gasteiger partial charge on any atom is -0.394 e. The summed E-state index contributed by atoms with van der Waals surface area (Å²) in [4.78, 5) is 2.10. The molecule has 1 aliphatic carbocycles. The van der Waals surface area contributed by atoms with Crippen LogP contribution < -0.4 is 0 Å². The zero-order chi connectivity index (χ0) is 11.1. The van der Waals surface area contributed by atoms with Gasteiger partial charge in [0, 0.05) is 13.1 Å². The summed E-state index contributed by atoms with van der Waals surface area (Å²) in [5, 5.41) is 18.7. The molecule has 0 aromatic carbocycles. The molecule has 0 bridgehead atoms. The molecule has 0 unspecified atom stereocenters. The first kappa shape index (κ1) is 12.9. The summed E-state index contributed by atoms with van der Waals surface area (Å²) in [6, 6.07) is 0. The molecule has 1 rings (SSSR count). The Bertz CT molecular complexity index is 169. The van der Waals surface area contributed by atoms with E-state index in [9.17, 15) is 5.11 Å². The van der Waals surface area contributed by atoms with Gasteiger partial charge in [-0.25, -0.2) is 0 Å². The van der Waals surface area contributed by atoms with Crippen LogP contribution in [0, 0.1) is 0 Å². The summed E-state index contributed by atoms with van der Waals surface area (Å²) in [5.74, 6) is 0. The van der Waals surface area contributed by atoms with Crippen molar-refractivity contribution in [2.75, 3.05) is 40.0 Å². The van der Waals surface area contributed by atoms with Crippen LogP contribution in [0.1, 0.15) is 25.7 Å². The SMILES string of the molecule is CN(CCOCCO)CC1(O)CCCC1. The predicted molar refractivity (Wildman–Crippen MR) is 58.8 cm³/mol. The topological polar surface area (TPSA) is 52.9 Å². The zero-order valence-corrected chi connectivity index (χ0v) is 9.61. The van der Waals surface area contributed by atoms with Crippen LogP contribution in [0.25, 0.3) is 0 Å². The average Bonchev–Trinajstić information content (AvgIpc) is 2.59. The van der Waals surface area contributed by atoms with E-state index < -0.39 is 5.60 Å². The highest BCUT2D eigenvalue weighted by Gasteiger charge is 2.31. The third kappa shape index (κ3) is 4.93. The van der Waals surface area contributed by atoms with E-state index in [1.54, 1.807) is 0 Å². The van der Waals surface area contributed by atoms with E-state index in [0.29, 0.717) is 13.2 Å². The summed E-state index contributed by atoms with van der Waals surface area (Å²) in [5.41, 5.74) is -0.467. The van der Waals surface area contributed by atoms with Crippen LogP contribution in [0.3, 0.4) is 0 Å². The molecule has 90 valence electrons. The molecular weight excluding hydrogens is 194 g/mol. The summed E-state index contributed by atoms with van der Waals surface area (Å²) in [7, 11) is 2.00. The average molecular weight is 217 g/mol. The number of likely N-dealkylation sites (N-methyl/N-ethyl adjacent to an activating group) is 1. The maximum absolute atomic E-state index is 10.1. The monoisotopic (exact) mass is 217 g/mol. The van der Waals surface area contributed by atoms with E-state index in [1.807, 2.05) is 7.05 Å². The van der Waals surface area contributed by atoms with Gasteiger partial charge in [0.25, 0.3) is 0 Å². The smallest absolute Gasteiger partial charge is 0.0774 e. The zero-order valence-electron chi connectivity index (χ0n) is 9.61. The molecule has 1 saturated carbocycles. The minimum atomic E-state index is -0.467. The third-order valence-corrected chi connectivity index (χ3v) is 2.95. The second-order valence-electron chi connectivity index (χ2n) is 4.51. The van der Waals surface area contributed by atoms with Crippen molar-refractivity contribution < 1.29 is 14.9 Å². The van der Waals surface area contributed by atoms with Gasteiger partial charge in [-0.15, -0.1) is 0 Å². The Labute approximate surface area is 91.8 Å². The Morgan fingerprint density at radius 2 is 1.93 bits per heavy atom.